The molecule has 0 saturated carbocycles. The Hall–Kier alpha value is -1.94. The van der Waals surface area contributed by atoms with Gasteiger partial charge in [-0.1, -0.05) is 6.07 Å². The van der Waals surface area contributed by atoms with E-state index >= 15 is 0 Å². The zero-order valence-corrected chi connectivity index (χ0v) is 10.6. The molecular formula is C14H17N3O. The van der Waals surface area contributed by atoms with Gasteiger partial charge in [0.15, 0.2) is 0 Å². The number of aromatic hydroxyl groups is 1. The summed E-state index contributed by atoms with van der Waals surface area (Å²) in [6, 6.07) is 9.41. The van der Waals surface area contributed by atoms with Crippen molar-refractivity contribution in [2.24, 2.45) is 0 Å². The summed E-state index contributed by atoms with van der Waals surface area (Å²) in [4.78, 5) is 8.59. The second-order valence-corrected chi connectivity index (χ2v) is 4.28. The van der Waals surface area contributed by atoms with Crippen molar-refractivity contribution in [2.75, 3.05) is 0 Å². The van der Waals surface area contributed by atoms with Crippen molar-refractivity contribution in [1.82, 2.24) is 15.3 Å². The topological polar surface area (TPSA) is 58.0 Å². The minimum atomic E-state index is 0.118. The summed E-state index contributed by atoms with van der Waals surface area (Å²) in [5.41, 5.74) is 2.54. The lowest BCUT2D eigenvalue weighted by Crippen LogP contribution is -2.19. The van der Waals surface area contributed by atoms with E-state index in [1.807, 2.05) is 32.0 Å². The van der Waals surface area contributed by atoms with Crippen LogP contribution in [0.4, 0.5) is 0 Å². The lowest BCUT2D eigenvalue weighted by molar-refractivity contribution is 0.453. The van der Waals surface area contributed by atoms with Gasteiger partial charge in [0.2, 0.25) is 0 Å². The summed E-state index contributed by atoms with van der Waals surface area (Å²) < 4.78 is 0. The number of rotatable bonds is 4. The van der Waals surface area contributed by atoms with Crippen LogP contribution in [-0.2, 0) is 6.54 Å². The fourth-order valence-corrected chi connectivity index (χ4v) is 1.72. The van der Waals surface area contributed by atoms with Crippen molar-refractivity contribution in [2.45, 2.75) is 26.4 Å². The zero-order chi connectivity index (χ0) is 13.0. The zero-order valence-electron chi connectivity index (χ0n) is 10.6. The Morgan fingerprint density at radius 1 is 1.28 bits per heavy atom. The molecule has 2 N–H and O–H groups in total. The molecule has 0 aliphatic rings. The van der Waals surface area contributed by atoms with Gasteiger partial charge in [0.05, 0.1) is 11.4 Å². The summed E-state index contributed by atoms with van der Waals surface area (Å²) >= 11 is 0. The van der Waals surface area contributed by atoms with Crippen molar-refractivity contribution in [3.8, 4) is 5.75 Å². The van der Waals surface area contributed by atoms with Crippen LogP contribution in [0.2, 0.25) is 0 Å². The van der Waals surface area contributed by atoms with Crippen LogP contribution in [0, 0.1) is 6.92 Å². The minimum absolute atomic E-state index is 0.118. The van der Waals surface area contributed by atoms with Crippen LogP contribution < -0.4 is 5.32 Å². The Bertz CT molecular complexity index is 514. The molecule has 0 fully saturated rings. The highest BCUT2D eigenvalue weighted by Crippen LogP contribution is 2.16. The third-order valence-electron chi connectivity index (χ3n) is 2.80. The van der Waals surface area contributed by atoms with Crippen LogP contribution >= 0.6 is 0 Å². The molecule has 2 heterocycles. The van der Waals surface area contributed by atoms with E-state index < -0.39 is 0 Å². The fraction of sp³-hybridized carbons (Fsp3) is 0.286. The molecule has 2 rings (SSSR count). The van der Waals surface area contributed by atoms with Crippen LogP contribution in [-0.4, -0.2) is 15.1 Å². The number of hydrogen-bond acceptors (Lipinski definition) is 4. The first-order valence-electron chi connectivity index (χ1n) is 5.96. The highest BCUT2D eigenvalue weighted by atomic mass is 16.3. The van der Waals surface area contributed by atoms with E-state index in [9.17, 15) is 5.11 Å². The maximum absolute atomic E-state index is 9.70. The normalized spacial score (nSPS) is 12.3. The third kappa shape index (κ3) is 3.05. The van der Waals surface area contributed by atoms with Crippen molar-refractivity contribution < 1.29 is 5.11 Å². The summed E-state index contributed by atoms with van der Waals surface area (Å²) in [5, 5.41) is 13.0. The predicted molar refractivity (Wildman–Crippen MR) is 70.1 cm³/mol. The van der Waals surface area contributed by atoms with Crippen LogP contribution in [0.3, 0.4) is 0 Å². The number of aromatic nitrogens is 2. The van der Waals surface area contributed by atoms with Gasteiger partial charge in [-0.25, -0.2) is 0 Å². The van der Waals surface area contributed by atoms with Crippen LogP contribution in [0.25, 0.3) is 0 Å². The fourth-order valence-electron chi connectivity index (χ4n) is 1.72. The SMILES string of the molecule is Cc1ccc(O)c(CN[C@@H](C)c2ccccn2)n1. The van der Waals surface area contributed by atoms with Gasteiger partial charge < -0.3 is 10.4 Å². The molecule has 0 spiro atoms. The number of hydrogen-bond donors (Lipinski definition) is 2. The van der Waals surface area contributed by atoms with Gasteiger partial charge in [0, 0.05) is 24.5 Å². The summed E-state index contributed by atoms with van der Waals surface area (Å²) in [5.74, 6) is 0.223. The first-order chi connectivity index (χ1) is 8.66. The lowest BCUT2D eigenvalue weighted by atomic mass is 10.2. The second kappa shape index (κ2) is 5.60. The molecule has 0 radical (unpaired) electrons. The molecule has 0 unspecified atom stereocenters. The van der Waals surface area contributed by atoms with Crippen LogP contribution in [0.5, 0.6) is 5.75 Å². The van der Waals surface area contributed by atoms with Crippen molar-refractivity contribution in [3.05, 3.63) is 53.6 Å². The Balaban J connectivity index is 2.01. The van der Waals surface area contributed by atoms with E-state index in [0.717, 1.165) is 11.4 Å². The second-order valence-electron chi connectivity index (χ2n) is 4.28. The van der Waals surface area contributed by atoms with E-state index in [1.54, 1.807) is 18.3 Å². The number of nitrogens with one attached hydrogen (secondary N) is 1. The molecule has 0 aliphatic carbocycles. The largest absolute Gasteiger partial charge is 0.506 e. The first-order valence-corrected chi connectivity index (χ1v) is 5.96. The standard InChI is InChI=1S/C14H17N3O/c1-10-6-7-14(18)13(17-10)9-16-11(2)12-5-3-4-8-15-12/h3-8,11,16,18H,9H2,1-2H3/t11-/m0/s1. The smallest absolute Gasteiger partial charge is 0.138 e. The Kier molecular flexibility index (Phi) is 3.89. The highest BCUT2D eigenvalue weighted by Gasteiger charge is 2.08. The molecule has 4 nitrogen and oxygen atoms in total. The highest BCUT2D eigenvalue weighted by molar-refractivity contribution is 5.27. The average molecular weight is 243 g/mol. The van der Waals surface area contributed by atoms with Crippen molar-refractivity contribution >= 4 is 0 Å². The Labute approximate surface area is 107 Å². The van der Waals surface area contributed by atoms with Crippen LogP contribution in [0.15, 0.2) is 36.5 Å². The van der Waals surface area contributed by atoms with E-state index in [2.05, 4.69) is 15.3 Å². The molecule has 0 saturated heterocycles. The van der Waals surface area contributed by atoms with E-state index in [1.165, 1.54) is 0 Å². The Morgan fingerprint density at radius 2 is 2.11 bits per heavy atom. The molecule has 2 aromatic rings. The quantitative estimate of drug-likeness (QED) is 0.865. The van der Waals surface area contributed by atoms with Crippen molar-refractivity contribution in [1.29, 1.82) is 0 Å². The third-order valence-corrected chi connectivity index (χ3v) is 2.80. The van der Waals surface area contributed by atoms with E-state index in [0.29, 0.717) is 12.2 Å². The number of nitrogens with zero attached hydrogens (tertiary/aromatic N) is 2. The maximum Gasteiger partial charge on any atom is 0.138 e. The van der Waals surface area contributed by atoms with Gasteiger partial charge >= 0.3 is 0 Å². The number of aryl methyl sites for hydroxylation is 1. The number of pyridine rings is 2. The van der Waals surface area contributed by atoms with Gasteiger partial charge in [-0.3, -0.25) is 9.97 Å². The summed E-state index contributed by atoms with van der Waals surface area (Å²) in [7, 11) is 0. The monoisotopic (exact) mass is 243 g/mol. The molecular weight excluding hydrogens is 226 g/mol. The average Bonchev–Trinajstić information content (AvgIpc) is 2.40. The first kappa shape index (κ1) is 12.5. The summed E-state index contributed by atoms with van der Waals surface area (Å²) in [6.07, 6.45) is 1.77. The molecule has 0 bridgehead atoms. The van der Waals surface area contributed by atoms with E-state index in [4.69, 9.17) is 0 Å². The molecule has 0 aromatic carbocycles. The molecule has 4 heteroatoms. The van der Waals surface area contributed by atoms with Crippen LogP contribution in [0.1, 0.15) is 30.0 Å². The van der Waals surface area contributed by atoms with Gasteiger partial charge in [0.25, 0.3) is 0 Å². The lowest BCUT2D eigenvalue weighted by Gasteiger charge is -2.13. The minimum Gasteiger partial charge on any atom is -0.506 e. The van der Waals surface area contributed by atoms with Gasteiger partial charge in [-0.2, -0.15) is 0 Å². The van der Waals surface area contributed by atoms with Gasteiger partial charge in [-0.05, 0) is 38.1 Å². The predicted octanol–water partition coefficient (Wildman–Crippen LogP) is 2.34. The molecule has 94 valence electrons. The molecule has 18 heavy (non-hydrogen) atoms. The van der Waals surface area contributed by atoms with E-state index in [-0.39, 0.29) is 11.8 Å². The molecule has 1 atom stereocenters. The van der Waals surface area contributed by atoms with Crippen molar-refractivity contribution in [3.63, 3.8) is 0 Å². The van der Waals surface area contributed by atoms with Gasteiger partial charge in [0.1, 0.15) is 5.75 Å². The van der Waals surface area contributed by atoms with Gasteiger partial charge in [-0.15, -0.1) is 0 Å². The molecule has 0 aliphatic heterocycles. The summed E-state index contributed by atoms with van der Waals surface area (Å²) in [6.45, 7) is 4.46. The Morgan fingerprint density at radius 3 is 2.83 bits per heavy atom. The molecule has 0 amide bonds. The maximum atomic E-state index is 9.70. The molecule has 2 aromatic heterocycles.